The molecule has 0 fully saturated rings. The van der Waals surface area contributed by atoms with Crippen LogP contribution in [0, 0.1) is 17.9 Å². The second kappa shape index (κ2) is 12.1. The van der Waals surface area contributed by atoms with Crippen LogP contribution in [0.25, 0.3) is 4.85 Å². The van der Waals surface area contributed by atoms with Crippen LogP contribution < -0.4 is 9.80 Å². The van der Waals surface area contributed by atoms with Gasteiger partial charge in [0.1, 0.15) is 0 Å². The van der Waals surface area contributed by atoms with Crippen molar-refractivity contribution < 1.29 is 0 Å². The van der Waals surface area contributed by atoms with Crippen molar-refractivity contribution in [1.82, 2.24) is 0 Å². The molecule has 0 radical (unpaired) electrons. The molecular formula is C40H38N4. The Morgan fingerprint density at radius 2 is 0.818 bits per heavy atom. The summed E-state index contributed by atoms with van der Waals surface area (Å²) in [6, 6.07) is 43.1. The second-order valence-corrected chi connectivity index (χ2v) is 12.9. The Bertz CT molecular complexity index is 1600. The van der Waals surface area contributed by atoms with Crippen molar-refractivity contribution in [2.24, 2.45) is 0 Å². The molecular weight excluding hydrogens is 536 g/mol. The molecule has 0 heterocycles. The fraction of sp³-hybridized carbons (Fsp3) is 0.200. The van der Waals surface area contributed by atoms with E-state index in [1.165, 1.54) is 0 Å². The number of rotatable bonds is 6. The molecule has 0 spiro atoms. The molecule has 0 N–H and O–H groups in total. The lowest BCUT2D eigenvalue weighted by Crippen LogP contribution is -2.29. The number of hydrogen-bond donors (Lipinski definition) is 0. The van der Waals surface area contributed by atoms with Crippen LogP contribution in [0.3, 0.4) is 0 Å². The second-order valence-electron chi connectivity index (χ2n) is 12.9. The zero-order valence-corrected chi connectivity index (χ0v) is 26.3. The van der Waals surface area contributed by atoms with Crippen molar-refractivity contribution in [3.63, 3.8) is 0 Å². The van der Waals surface area contributed by atoms with Crippen LogP contribution in [-0.2, 0) is 10.8 Å². The number of benzene rings is 5. The van der Waals surface area contributed by atoms with Crippen LogP contribution >= 0.6 is 0 Å². The maximum absolute atomic E-state index is 11.1. The Kier molecular flexibility index (Phi) is 8.30. The Morgan fingerprint density at radius 3 is 1.09 bits per heavy atom. The fourth-order valence-corrected chi connectivity index (χ4v) is 5.95. The van der Waals surface area contributed by atoms with Crippen molar-refractivity contribution in [3.05, 3.63) is 149 Å². The highest BCUT2D eigenvalue weighted by Crippen LogP contribution is 2.57. The highest BCUT2D eigenvalue weighted by molar-refractivity contribution is 5.99. The molecule has 5 aromatic carbocycles. The van der Waals surface area contributed by atoms with Crippen molar-refractivity contribution in [2.75, 3.05) is 9.80 Å². The quantitative estimate of drug-likeness (QED) is 0.189. The summed E-state index contributed by atoms with van der Waals surface area (Å²) in [5.41, 5.74) is 7.15. The van der Waals surface area contributed by atoms with Gasteiger partial charge in [-0.3, -0.25) is 0 Å². The monoisotopic (exact) mass is 574 g/mol. The average Bonchev–Trinajstić information content (AvgIpc) is 3.02. The molecule has 0 aliphatic heterocycles. The largest absolute Gasteiger partial charge is 0.320 e. The molecule has 0 bridgehead atoms. The summed E-state index contributed by atoms with van der Waals surface area (Å²) in [5, 5.41) is 11.1. The smallest absolute Gasteiger partial charge is 0.230 e. The first kappa shape index (κ1) is 30.1. The molecule has 0 aliphatic rings. The first-order valence-corrected chi connectivity index (χ1v) is 14.9. The van der Waals surface area contributed by atoms with Gasteiger partial charge in [0.2, 0.25) is 5.69 Å². The first-order chi connectivity index (χ1) is 21.1. The highest BCUT2D eigenvalue weighted by atomic mass is 15.2. The predicted octanol–water partition coefficient (Wildman–Crippen LogP) is 11.6. The molecule has 0 amide bonds. The summed E-state index contributed by atoms with van der Waals surface area (Å²) in [7, 11) is 0. The maximum Gasteiger partial charge on any atom is 0.230 e. The standard InChI is InChI=1S/C40H38N4/c1-39(2,3)34-35(40(4,5)6)38(44(31-24-16-10-17-25-31)32-26-18-11-19-27-32)36(42-7)33(28-41)37(34)43(29-20-12-8-13-21-29)30-22-14-9-15-23-30/h8-27H,1-6H3. The van der Waals surface area contributed by atoms with E-state index in [1.54, 1.807) is 0 Å². The summed E-state index contributed by atoms with van der Waals surface area (Å²) in [4.78, 5) is 8.51. The number of para-hydroxylation sites is 4. The summed E-state index contributed by atoms with van der Waals surface area (Å²) in [6.45, 7) is 21.9. The van der Waals surface area contributed by atoms with E-state index < -0.39 is 10.8 Å². The van der Waals surface area contributed by atoms with Crippen LogP contribution in [0.1, 0.15) is 58.2 Å². The van der Waals surface area contributed by atoms with Gasteiger partial charge in [-0.15, -0.1) is 0 Å². The minimum absolute atomic E-state index is 0.338. The van der Waals surface area contributed by atoms with Crippen LogP contribution in [0.15, 0.2) is 121 Å². The van der Waals surface area contributed by atoms with Gasteiger partial charge in [-0.25, -0.2) is 4.85 Å². The lowest BCUT2D eigenvalue weighted by atomic mass is 9.71. The van der Waals surface area contributed by atoms with Crippen LogP contribution in [0.5, 0.6) is 0 Å². The first-order valence-electron chi connectivity index (χ1n) is 14.9. The Labute approximate surface area is 262 Å². The van der Waals surface area contributed by atoms with E-state index >= 15 is 0 Å². The van der Waals surface area contributed by atoms with Gasteiger partial charge in [0.15, 0.2) is 0 Å². The number of anilines is 6. The van der Waals surface area contributed by atoms with E-state index in [0.29, 0.717) is 11.3 Å². The molecule has 5 aromatic rings. The van der Waals surface area contributed by atoms with Crippen molar-refractivity contribution in [3.8, 4) is 6.07 Å². The topological polar surface area (TPSA) is 34.6 Å². The minimum Gasteiger partial charge on any atom is -0.320 e. The zero-order chi connectivity index (χ0) is 31.5. The summed E-state index contributed by atoms with van der Waals surface area (Å²) >= 11 is 0. The Balaban J connectivity index is 2.06. The van der Waals surface area contributed by atoms with Gasteiger partial charge in [0.05, 0.1) is 29.6 Å². The van der Waals surface area contributed by atoms with E-state index in [1.807, 2.05) is 72.8 Å². The molecule has 0 saturated heterocycles. The van der Waals surface area contributed by atoms with Gasteiger partial charge in [0, 0.05) is 22.7 Å². The fourth-order valence-electron chi connectivity index (χ4n) is 5.95. The van der Waals surface area contributed by atoms with Gasteiger partial charge in [-0.1, -0.05) is 114 Å². The van der Waals surface area contributed by atoms with Gasteiger partial charge in [-0.2, -0.15) is 5.26 Å². The van der Waals surface area contributed by atoms with Crippen molar-refractivity contribution in [2.45, 2.75) is 52.4 Å². The van der Waals surface area contributed by atoms with Gasteiger partial charge in [-0.05, 0) is 70.5 Å². The molecule has 0 unspecified atom stereocenters. The molecule has 4 heteroatoms. The Hall–Kier alpha value is -5.32. The van der Waals surface area contributed by atoms with Gasteiger partial charge >= 0.3 is 0 Å². The summed E-state index contributed by atoms with van der Waals surface area (Å²) < 4.78 is 0. The molecule has 0 aromatic heterocycles. The molecule has 0 atom stereocenters. The van der Waals surface area contributed by atoms with E-state index in [4.69, 9.17) is 6.57 Å². The third-order valence-corrected chi connectivity index (χ3v) is 7.65. The summed E-state index contributed by atoms with van der Waals surface area (Å²) in [5.74, 6) is 0. The van der Waals surface area contributed by atoms with Crippen LogP contribution in [-0.4, -0.2) is 0 Å². The molecule has 5 rings (SSSR count). The average molecular weight is 575 g/mol. The molecule has 4 nitrogen and oxygen atoms in total. The van der Waals surface area contributed by atoms with E-state index in [0.717, 1.165) is 45.3 Å². The van der Waals surface area contributed by atoms with Crippen LogP contribution in [0.2, 0.25) is 0 Å². The minimum atomic E-state index is -0.403. The maximum atomic E-state index is 11.1. The van der Waals surface area contributed by atoms with Crippen LogP contribution in [0.4, 0.5) is 39.8 Å². The molecule has 0 aliphatic carbocycles. The number of nitriles is 1. The Morgan fingerprint density at radius 1 is 0.523 bits per heavy atom. The van der Waals surface area contributed by atoms with Crippen molar-refractivity contribution >= 4 is 39.8 Å². The predicted molar refractivity (Wildman–Crippen MR) is 184 cm³/mol. The van der Waals surface area contributed by atoms with Crippen molar-refractivity contribution in [1.29, 1.82) is 5.26 Å². The van der Waals surface area contributed by atoms with E-state index in [-0.39, 0.29) is 0 Å². The summed E-state index contributed by atoms with van der Waals surface area (Å²) in [6.07, 6.45) is 0. The van der Waals surface area contributed by atoms with E-state index in [2.05, 4.69) is 111 Å². The lowest BCUT2D eigenvalue weighted by Gasteiger charge is -2.42. The van der Waals surface area contributed by atoms with E-state index in [9.17, 15) is 5.26 Å². The SMILES string of the molecule is [C-]#[N+]c1c(C#N)c(N(c2ccccc2)c2ccccc2)c(C(C)(C)C)c(C(C)(C)C)c1N(c1ccccc1)c1ccccc1. The highest BCUT2D eigenvalue weighted by Gasteiger charge is 2.39. The lowest BCUT2D eigenvalue weighted by molar-refractivity contribution is 0.532. The van der Waals surface area contributed by atoms with Gasteiger partial charge in [0.25, 0.3) is 0 Å². The molecule has 218 valence electrons. The zero-order valence-electron chi connectivity index (χ0n) is 26.3. The number of nitrogens with zero attached hydrogens (tertiary/aromatic N) is 4. The third-order valence-electron chi connectivity index (χ3n) is 7.65. The number of hydrogen-bond acceptors (Lipinski definition) is 3. The molecule has 0 saturated carbocycles. The molecule has 44 heavy (non-hydrogen) atoms. The third kappa shape index (κ3) is 5.68. The normalized spacial score (nSPS) is 11.4. The van der Waals surface area contributed by atoms with Gasteiger partial charge < -0.3 is 9.80 Å².